The number of aryl methyl sites for hydroxylation is 2. The van der Waals surface area contributed by atoms with Crippen LogP contribution in [-0.4, -0.2) is 29.6 Å². The van der Waals surface area contributed by atoms with Crippen LogP contribution in [0.5, 0.6) is 0 Å². The summed E-state index contributed by atoms with van der Waals surface area (Å²) in [6.45, 7) is 6.18. The molecule has 0 aliphatic rings. The van der Waals surface area contributed by atoms with Crippen molar-refractivity contribution in [3.63, 3.8) is 0 Å². The molecule has 2 heterocycles. The summed E-state index contributed by atoms with van der Waals surface area (Å²) in [4.78, 5) is 4.77. The van der Waals surface area contributed by atoms with E-state index in [4.69, 9.17) is 0 Å². The van der Waals surface area contributed by atoms with E-state index in [9.17, 15) is 8.42 Å². The average Bonchev–Trinajstić information content (AvgIpc) is 2.87. The Balaban J connectivity index is 2.37. The quantitative estimate of drug-likeness (QED) is 0.796. The Bertz CT molecular complexity index is 963. The fraction of sp³-hybridized carbons (Fsp3) is 0.250. The number of benzene rings is 1. The first-order chi connectivity index (χ1) is 10.9. The Hall–Kier alpha value is -2.41. The van der Waals surface area contributed by atoms with Crippen molar-refractivity contribution in [1.82, 2.24) is 14.6 Å². The summed E-state index contributed by atoms with van der Waals surface area (Å²) in [5.41, 5.74) is 1.94. The molecule has 0 radical (unpaired) electrons. The lowest BCUT2D eigenvalue weighted by atomic mass is 10.3. The first-order valence-corrected chi connectivity index (χ1v) is 8.84. The van der Waals surface area contributed by atoms with Gasteiger partial charge in [0.05, 0.1) is 4.90 Å². The molecule has 3 aromatic rings. The highest BCUT2D eigenvalue weighted by atomic mass is 32.2. The van der Waals surface area contributed by atoms with Gasteiger partial charge in [0.1, 0.15) is 0 Å². The minimum atomic E-state index is -3.72. The van der Waals surface area contributed by atoms with Crippen LogP contribution in [0.3, 0.4) is 0 Å². The average molecular weight is 330 g/mol. The summed E-state index contributed by atoms with van der Waals surface area (Å²) in [6.07, 6.45) is 0. The second kappa shape index (κ2) is 5.66. The van der Waals surface area contributed by atoms with E-state index in [1.54, 1.807) is 34.8 Å². The van der Waals surface area contributed by atoms with E-state index in [-0.39, 0.29) is 9.79 Å². The molecule has 6 nitrogen and oxygen atoms in total. The third-order valence-corrected chi connectivity index (χ3v) is 5.33. The van der Waals surface area contributed by atoms with Crippen LogP contribution < -0.4 is 5.32 Å². The fourth-order valence-corrected chi connectivity index (χ4v) is 4.04. The molecular formula is C16H18N4O2S. The highest BCUT2D eigenvalue weighted by Crippen LogP contribution is 2.31. The second-order valence-corrected chi connectivity index (χ2v) is 7.19. The molecule has 7 heteroatoms. The highest BCUT2D eigenvalue weighted by Gasteiger charge is 2.29. The summed E-state index contributed by atoms with van der Waals surface area (Å²) < 4.78 is 27.8. The van der Waals surface area contributed by atoms with Crippen molar-refractivity contribution in [3.8, 4) is 0 Å². The molecule has 23 heavy (non-hydrogen) atoms. The number of anilines is 1. The van der Waals surface area contributed by atoms with Gasteiger partial charge in [0.15, 0.2) is 16.4 Å². The normalized spacial score (nSPS) is 11.8. The van der Waals surface area contributed by atoms with Crippen molar-refractivity contribution >= 4 is 21.3 Å². The Morgan fingerprint density at radius 3 is 2.52 bits per heavy atom. The second-order valence-electron chi connectivity index (χ2n) is 5.30. The van der Waals surface area contributed by atoms with Crippen LogP contribution in [0, 0.1) is 13.8 Å². The van der Waals surface area contributed by atoms with Gasteiger partial charge < -0.3 is 5.32 Å². The molecule has 3 rings (SSSR count). The lowest BCUT2D eigenvalue weighted by Gasteiger charge is -2.06. The van der Waals surface area contributed by atoms with Crippen molar-refractivity contribution in [2.24, 2.45) is 0 Å². The van der Waals surface area contributed by atoms with Crippen molar-refractivity contribution in [3.05, 3.63) is 47.8 Å². The van der Waals surface area contributed by atoms with Crippen LogP contribution in [0.1, 0.15) is 18.3 Å². The lowest BCUT2D eigenvalue weighted by molar-refractivity contribution is 0.597. The Kier molecular flexibility index (Phi) is 3.81. The summed E-state index contributed by atoms with van der Waals surface area (Å²) in [5.74, 6) is 0.331. The molecule has 0 saturated heterocycles. The van der Waals surface area contributed by atoms with Crippen LogP contribution in [-0.2, 0) is 9.84 Å². The predicted molar refractivity (Wildman–Crippen MR) is 88.5 cm³/mol. The standard InChI is InChI=1S/C16H18N4O2S/c1-4-17-15-14(23(21,22)13-8-6-5-7-9-13)16-18-11(2)10-12(3)20(16)19-15/h5-10H,4H2,1-3H3,(H,17,19). The number of nitrogens with one attached hydrogen (secondary N) is 1. The molecule has 0 fully saturated rings. The Labute approximate surface area is 135 Å². The van der Waals surface area contributed by atoms with Crippen LogP contribution >= 0.6 is 0 Å². The van der Waals surface area contributed by atoms with E-state index in [2.05, 4.69) is 15.4 Å². The zero-order valence-electron chi connectivity index (χ0n) is 13.2. The van der Waals surface area contributed by atoms with Gasteiger partial charge in [-0.3, -0.25) is 0 Å². The van der Waals surface area contributed by atoms with Crippen LogP contribution in [0.25, 0.3) is 5.65 Å². The maximum Gasteiger partial charge on any atom is 0.214 e. The van der Waals surface area contributed by atoms with Gasteiger partial charge in [-0.25, -0.2) is 17.9 Å². The van der Waals surface area contributed by atoms with Gasteiger partial charge in [-0.2, -0.15) is 0 Å². The number of hydrogen-bond donors (Lipinski definition) is 1. The molecule has 120 valence electrons. The molecule has 0 spiro atoms. The van der Waals surface area contributed by atoms with E-state index in [0.717, 1.165) is 11.4 Å². The molecule has 0 saturated carbocycles. The molecule has 0 atom stereocenters. The SMILES string of the molecule is CCNc1nn2c(C)cc(C)nc2c1S(=O)(=O)c1ccccc1. The molecule has 1 N–H and O–H groups in total. The lowest BCUT2D eigenvalue weighted by Crippen LogP contribution is -2.07. The van der Waals surface area contributed by atoms with E-state index in [1.807, 2.05) is 26.8 Å². The van der Waals surface area contributed by atoms with E-state index < -0.39 is 9.84 Å². The number of fused-ring (bicyclic) bond motifs is 1. The fourth-order valence-electron chi connectivity index (χ4n) is 2.55. The Morgan fingerprint density at radius 2 is 1.87 bits per heavy atom. The molecular weight excluding hydrogens is 312 g/mol. The number of hydrogen-bond acceptors (Lipinski definition) is 5. The monoisotopic (exact) mass is 330 g/mol. The number of sulfone groups is 1. The third-order valence-electron chi connectivity index (χ3n) is 3.52. The summed E-state index contributed by atoms with van der Waals surface area (Å²) in [6, 6.07) is 10.2. The van der Waals surface area contributed by atoms with E-state index in [0.29, 0.717) is 18.0 Å². The molecule has 1 aromatic carbocycles. The van der Waals surface area contributed by atoms with Gasteiger partial charge in [-0.15, -0.1) is 5.10 Å². The first-order valence-electron chi connectivity index (χ1n) is 7.36. The zero-order valence-corrected chi connectivity index (χ0v) is 14.1. The molecule has 0 bridgehead atoms. The van der Waals surface area contributed by atoms with Gasteiger partial charge in [0, 0.05) is 17.9 Å². The van der Waals surface area contributed by atoms with Gasteiger partial charge in [0.2, 0.25) is 9.84 Å². The van der Waals surface area contributed by atoms with Gasteiger partial charge in [0.25, 0.3) is 0 Å². The highest BCUT2D eigenvalue weighted by molar-refractivity contribution is 7.91. The van der Waals surface area contributed by atoms with Gasteiger partial charge in [-0.1, -0.05) is 18.2 Å². The number of nitrogens with zero attached hydrogens (tertiary/aromatic N) is 3. The maximum absolute atomic E-state index is 13.1. The molecule has 0 aliphatic heterocycles. The maximum atomic E-state index is 13.1. The summed E-state index contributed by atoms with van der Waals surface area (Å²) in [7, 11) is -3.72. The first kappa shape index (κ1) is 15.5. The molecule has 0 amide bonds. The minimum Gasteiger partial charge on any atom is -0.368 e. The topological polar surface area (TPSA) is 76.4 Å². The minimum absolute atomic E-state index is 0.123. The smallest absolute Gasteiger partial charge is 0.214 e. The van der Waals surface area contributed by atoms with E-state index in [1.165, 1.54) is 0 Å². The van der Waals surface area contributed by atoms with Crippen molar-refractivity contribution in [2.45, 2.75) is 30.6 Å². The molecule has 0 unspecified atom stereocenters. The number of rotatable bonds is 4. The third kappa shape index (κ3) is 2.57. The molecule has 2 aromatic heterocycles. The number of aromatic nitrogens is 3. The van der Waals surface area contributed by atoms with Crippen molar-refractivity contribution in [2.75, 3.05) is 11.9 Å². The molecule has 0 aliphatic carbocycles. The summed E-state index contributed by atoms with van der Waals surface area (Å²) >= 11 is 0. The van der Waals surface area contributed by atoms with Crippen LogP contribution in [0.2, 0.25) is 0 Å². The van der Waals surface area contributed by atoms with Gasteiger partial charge in [-0.05, 0) is 39.0 Å². The predicted octanol–water partition coefficient (Wildman–Crippen LogP) is 2.61. The van der Waals surface area contributed by atoms with Crippen LogP contribution in [0.15, 0.2) is 46.2 Å². The van der Waals surface area contributed by atoms with E-state index >= 15 is 0 Å². The Morgan fingerprint density at radius 1 is 1.17 bits per heavy atom. The van der Waals surface area contributed by atoms with Crippen molar-refractivity contribution < 1.29 is 8.42 Å². The van der Waals surface area contributed by atoms with Gasteiger partial charge >= 0.3 is 0 Å². The van der Waals surface area contributed by atoms with Crippen molar-refractivity contribution in [1.29, 1.82) is 0 Å². The largest absolute Gasteiger partial charge is 0.368 e. The van der Waals surface area contributed by atoms with Crippen LogP contribution in [0.4, 0.5) is 5.82 Å². The summed E-state index contributed by atoms with van der Waals surface area (Å²) in [5, 5.41) is 7.44. The zero-order chi connectivity index (χ0) is 16.6.